The lowest BCUT2D eigenvalue weighted by atomic mass is 10.1. The van der Waals surface area contributed by atoms with Crippen molar-refractivity contribution in [2.75, 3.05) is 11.9 Å². The van der Waals surface area contributed by atoms with Crippen LogP contribution in [0.2, 0.25) is 5.02 Å². The van der Waals surface area contributed by atoms with Crippen LogP contribution in [-0.2, 0) is 4.79 Å². The maximum atomic E-state index is 11.7. The van der Waals surface area contributed by atoms with Crippen molar-refractivity contribution in [2.45, 2.75) is 13.3 Å². The second-order valence-corrected chi connectivity index (χ2v) is 5.19. The second-order valence-electron chi connectivity index (χ2n) is 3.59. The first-order chi connectivity index (χ1) is 7.54. The quantitative estimate of drug-likeness (QED) is 0.819. The van der Waals surface area contributed by atoms with Crippen molar-refractivity contribution in [3.05, 3.63) is 26.8 Å². The predicted octanol–water partition coefficient (Wildman–Crippen LogP) is 2.87. The smallest absolute Gasteiger partial charge is 0.227 e. The van der Waals surface area contributed by atoms with Crippen molar-refractivity contribution < 1.29 is 4.79 Å². The lowest BCUT2D eigenvalue weighted by Crippen LogP contribution is -2.23. The Labute approximate surface area is 114 Å². The number of amides is 1. The molecule has 0 fully saturated rings. The highest BCUT2D eigenvalue weighted by molar-refractivity contribution is 14.1. The molecule has 0 aliphatic carbocycles. The first-order valence-corrected chi connectivity index (χ1v) is 6.46. The molecule has 1 aromatic carbocycles. The van der Waals surface area contributed by atoms with Crippen LogP contribution < -0.4 is 11.1 Å². The molecule has 3 nitrogen and oxygen atoms in total. The van der Waals surface area contributed by atoms with Gasteiger partial charge in [-0.1, -0.05) is 18.5 Å². The van der Waals surface area contributed by atoms with E-state index in [2.05, 4.69) is 27.9 Å². The molecular weight excluding hydrogens is 338 g/mol. The molecule has 0 saturated heterocycles. The maximum Gasteiger partial charge on any atom is 0.227 e. The van der Waals surface area contributed by atoms with Crippen molar-refractivity contribution in [1.29, 1.82) is 0 Å². The summed E-state index contributed by atoms with van der Waals surface area (Å²) in [6, 6.07) is 5.37. The van der Waals surface area contributed by atoms with E-state index in [0.717, 1.165) is 9.26 Å². The zero-order valence-corrected chi connectivity index (χ0v) is 11.9. The van der Waals surface area contributed by atoms with E-state index >= 15 is 0 Å². The molecule has 5 heteroatoms. The van der Waals surface area contributed by atoms with Crippen LogP contribution >= 0.6 is 34.2 Å². The fourth-order valence-electron chi connectivity index (χ4n) is 1.23. The summed E-state index contributed by atoms with van der Waals surface area (Å²) in [5, 5.41) is 3.53. The molecule has 1 rings (SSSR count). The normalized spacial score (nSPS) is 12.2. The molecule has 0 aromatic heterocycles. The van der Waals surface area contributed by atoms with Gasteiger partial charge >= 0.3 is 0 Å². The molecule has 0 aliphatic heterocycles. The molecule has 1 amide bonds. The predicted molar refractivity (Wildman–Crippen MR) is 75.6 cm³/mol. The summed E-state index contributed by atoms with van der Waals surface area (Å²) >= 11 is 7.97. The second kappa shape index (κ2) is 6.42. The van der Waals surface area contributed by atoms with Crippen LogP contribution in [-0.4, -0.2) is 12.5 Å². The van der Waals surface area contributed by atoms with Crippen LogP contribution in [0.4, 0.5) is 5.69 Å². The number of hydrogen-bond acceptors (Lipinski definition) is 2. The van der Waals surface area contributed by atoms with Gasteiger partial charge in [0.2, 0.25) is 5.91 Å². The largest absolute Gasteiger partial charge is 0.330 e. The number of benzene rings is 1. The summed E-state index contributed by atoms with van der Waals surface area (Å²) in [5.41, 5.74) is 6.20. The number of anilines is 1. The minimum Gasteiger partial charge on any atom is -0.330 e. The number of halogens is 2. The lowest BCUT2D eigenvalue weighted by Gasteiger charge is -2.12. The summed E-state index contributed by atoms with van der Waals surface area (Å²) in [4.78, 5) is 11.7. The van der Waals surface area contributed by atoms with Crippen LogP contribution in [0.15, 0.2) is 18.2 Å². The average Bonchev–Trinajstić information content (AvgIpc) is 2.22. The van der Waals surface area contributed by atoms with Gasteiger partial charge in [0.1, 0.15) is 0 Å². The van der Waals surface area contributed by atoms with Crippen molar-refractivity contribution in [1.82, 2.24) is 0 Å². The number of hydrogen-bond donors (Lipinski definition) is 2. The zero-order chi connectivity index (χ0) is 12.1. The summed E-state index contributed by atoms with van der Waals surface area (Å²) in [6.45, 7) is 2.39. The third kappa shape index (κ3) is 3.92. The minimum atomic E-state index is -0.0727. The van der Waals surface area contributed by atoms with Gasteiger partial charge in [-0.05, 0) is 53.8 Å². The van der Waals surface area contributed by atoms with Crippen LogP contribution in [0.25, 0.3) is 0 Å². The Balaban J connectivity index is 2.69. The van der Waals surface area contributed by atoms with Gasteiger partial charge in [0, 0.05) is 14.5 Å². The molecule has 88 valence electrons. The van der Waals surface area contributed by atoms with E-state index in [1.54, 1.807) is 12.1 Å². The highest BCUT2D eigenvalue weighted by Crippen LogP contribution is 2.22. The van der Waals surface area contributed by atoms with Gasteiger partial charge in [0.25, 0.3) is 0 Å². The van der Waals surface area contributed by atoms with Crippen molar-refractivity contribution >= 4 is 45.8 Å². The molecular formula is C11H14ClIN2O. The van der Waals surface area contributed by atoms with E-state index in [1.807, 2.05) is 13.0 Å². The molecule has 0 bridgehead atoms. The van der Waals surface area contributed by atoms with Crippen molar-refractivity contribution in [3.8, 4) is 0 Å². The maximum absolute atomic E-state index is 11.7. The standard InChI is InChI=1S/C11H14ClIN2O/c1-7(4-5-14)11(16)15-10-3-2-8(12)6-9(10)13/h2-3,6-7H,4-5,14H2,1H3,(H,15,16). The van der Waals surface area contributed by atoms with Crippen molar-refractivity contribution in [3.63, 3.8) is 0 Å². The number of nitrogens with one attached hydrogen (secondary N) is 1. The highest BCUT2D eigenvalue weighted by Gasteiger charge is 2.13. The summed E-state index contributed by atoms with van der Waals surface area (Å²) in [6.07, 6.45) is 0.690. The first-order valence-electron chi connectivity index (χ1n) is 5.00. The number of nitrogens with two attached hydrogens (primary N) is 1. The first kappa shape index (κ1) is 13.7. The fourth-order valence-corrected chi connectivity index (χ4v) is 2.23. The molecule has 0 heterocycles. The molecule has 1 unspecified atom stereocenters. The number of carbonyl (C=O) groups is 1. The highest BCUT2D eigenvalue weighted by atomic mass is 127. The van der Waals surface area contributed by atoms with Crippen LogP contribution in [0.3, 0.4) is 0 Å². The Bertz CT molecular complexity index is 384. The molecule has 3 N–H and O–H groups in total. The van der Waals surface area contributed by atoms with Gasteiger partial charge in [0.05, 0.1) is 5.69 Å². The van der Waals surface area contributed by atoms with Gasteiger partial charge in [-0.2, -0.15) is 0 Å². The summed E-state index contributed by atoms with van der Waals surface area (Å²) < 4.78 is 0.929. The van der Waals surface area contributed by atoms with Gasteiger partial charge in [-0.25, -0.2) is 0 Å². The molecule has 1 aromatic rings. The van der Waals surface area contributed by atoms with E-state index < -0.39 is 0 Å². The van der Waals surface area contributed by atoms with Crippen LogP contribution in [0.1, 0.15) is 13.3 Å². The molecule has 0 saturated carbocycles. The number of rotatable bonds is 4. The lowest BCUT2D eigenvalue weighted by molar-refractivity contribution is -0.119. The van der Waals surface area contributed by atoms with E-state index in [-0.39, 0.29) is 11.8 Å². The Morgan fingerprint density at radius 1 is 1.62 bits per heavy atom. The SMILES string of the molecule is CC(CCN)C(=O)Nc1ccc(Cl)cc1I. The third-order valence-electron chi connectivity index (χ3n) is 2.24. The monoisotopic (exact) mass is 352 g/mol. The van der Waals surface area contributed by atoms with Gasteiger partial charge < -0.3 is 11.1 Å². The fraction of sp³-hybridized carbons (Fsp3) is 0.364. The number of carbonyl (C=O) groups excluding carboxylic acids is 1. The Kier molecular flexibility index (Phi) is 5.51. The Morgan fingerprint density at radius 3 is 2.88 bits per heavy atom. The van der Waals surface area contributed by atoms with E-state index in [4.69, 9.17) is 17.3 Å². The van der Waals surface area contributed by atoms with Gasteiger partial charge in [0.15, 0.2) is 0 Å². The van der Waals surface area contributed by atoms with Crippen LogP contribution in [0, 0.1) is 9.49 Å². The molecule has 0 aliphatic rings. The van der Waals surface area contributed by atoms with E-state index in [1.165, 1.54) is 0 Å². The molecule has 1 atom stereocenters. The Morgan fingerprint density at radius 2 is 2.31 bits per heavy atom. The average molecular weight is 353 g/mol. The minimum absolute atomic E-state index is 0.00862. The van der Waals surface area contributed by atoms with Gasteiger partial charge in [-0.3, -0.25) is 4.79 Å². The summed E-state index contributed by atoms with van der Waals surface area (Å²) in [7, 11) is 0. The van der Waals surface area contributed by atoms with Crippen LogP contribution in [0.5, 0.6) is 0 Å². The molecule has 0 spiro atoms. The molecule has 0 radical (unpaired) electrons. The summed E-state index contributed by atoms with van der Waals surface area (Å²) in [5.74, 6) is -0.0813. The van der Waals surface area contributed by atoms with E-state index in [0.29, 0.717) is 18.0 Å². The van der Waals surface area contributed by atoms with Gasteiger partial charge in [-0.15, -0.1) is 0 Å². The third-order valence-corrected chi connectivity index (χ3v) is 3.36. The zero-order valence-electron chi connectivity index (χ0n) is 8.97. The van der Waals surface area contributed by atoms with Crippen molar-refractivity contribution in [2.24, 2.45) is 11.7 Å². The topological polar surface area (TPSA) is 55.1 Å². The molecule has 16 heavy (non-hydrogen) atoms. The Hall–Kier alpha value is -0.330. The van der Waals surface area contributed by atoms with E-state index in [9.17, 15) is 4.79 Å².